The van der Waals surface area contributed by atoms with Gasteiger partial charge in [0.05, 0.1) is 11.4 Å². The number of benzene rings is 2. The van der Waals surface area contributed by atoms with Crippen molar-refractivity contribution in [3.63, 3.8) is 0 Å². The van der Waals surface area contributed by atoms with Crippen LogP contribution < -0.4 is 14.5 Å². The van der Waals surface area contributed by atoms with Crippen LogP contribution in [0, 0.1) is 0 Å². The molecule has 4 rings (SSSR count). The molecule has 2 aliphatic rings. The van der Waals surface area contributed by atoms with Crippen LogP contribution in [0.25, 0.3) is 0 Å². The number of rotatable bonds is 5. The molecule has 0 unspecified atom stereocenters. The van der Waals surface area contributed by atoms with Crippen molar-refractivity contribution in [3.05, 3.63) is 66.7 Å². The lowest BCUT2D eigenvalue weighted by molar-refractivity contribution is -0.164. The fourth-order valence-corrected chi connectivity index (χ4v) is 5.03. The van der Waals surface area contributed by atoms with Crippen LogP contribution in [0.2, 0.25) is 0 Å². The van der Waals surface area contributed by atoms with E-state index in [2.05, 4.69) is 26.7 Å². The van der Waals surface area contributed by atoms with Gasteiger partial charge in [-0.1, -0.05) is 30.4 Å². The molecule has 0 aliphatic carbocycles. The first-order valence-electron chi connectivity index (χ1n) is 10.3. The van der Waals surface area contributed by atoms with Gasteiger partial charge in [-0.25, -0.2) is 13.5 Å². The maximum Gasteiger partial charge on any atom is 0.264 e. The van der Waals surface area contributed by atoms with Gasteiger partial charge in [0.1, 0.15) is 6.04 Å². The van der Waals surface area contributed by atoms with Gasteiger partial charge in [-0.3, -0.25) is 10.0 Å². The SMILES string of the molecule is O=C1[C@H](NS(=O)(=O)c2ccc(N3CCN(c4ccccc4)CC3)cc2)CC=CCN1O. The van der Waals surface area contributed by atoms with Gasteiger partial charge >= 0.3 is 0 Å². The van der Waals surface area contributed by atoms with Crippen molar-refractivity contribution in [2.45, 2.75) is 17.4 Å². The lowest BCUT2D eigenvalue weighted by atomic mass is 10.2. The molecule has 2 aromatic rings. The van der Waals surface area contributed by atoms with Crippen molar-refractivity contribution >= 4 is 27.3 Å². The summed E-state index contributed by atoms with van der Waals surface area (Å²) in [4.78, 5) is 16.8. The van der Waals surface area contributed by atoms with Gasteiger partial charge in [-0.05, 0) is 42.8 Å². The second kappa shape index (κ2) is 9.09. The molecule has 164 valence electrons. The molecule has 1 amide bonds. The number of amides is 1. The largest absolute Gasteiger partial charge is 0.368 e. The Balaban J connectivity index is 1.40. The molecule has 2 heterocycles. The van der Waals surface area contributed by atoms with Crippen molar-refractivity contribution in [1.82, 2.24) is 9.79 Å². The first kappa shape index (κ1) is 21.4. The Labute approximate surface area is 182 Å². The zero-order valence-corrected chi connectivity index (χ0v) is 17.9. The number of nitrogens with one attached hydrogen (secondary N) is 1. The Morgan fingerprint density at radius 3 is 2.03 bits per heavy atom. The zero-order valence-electron chi connectivity index (χ0n) is 17.1. The lowest BCUT2D eigenvalue weighted by Crippen LogP contribution is -2.46. The first-order chi connectivity index (χ1) is 14.9. The number of piperazine rings is 1. The molecule has 2 N–H and O–H groups in total. The average molecular weight is 443 g/mol. The molecule has 9 heteroatoms. The monoisotopic (exact) mass is 442 g/mol. The lowest BCUT2D eigenvalue weighted by Gasteiger charge is -2.37. The standard InChI is InChI=1S/C22H26N4O4S/c27-22-21(8-4-5-13-26(22)28)23-31(29,30)20-11-9-19(10-12-20)25-16-14-24(15-17-25)18-6-2-1-3-7-18/h1-7,9-12,21,23,28H,8,13-17H2/t21-/m1/s1. The van der Waals surface area contributed by atoms with Crippen molar-refractivity contribution in [1.29, 1.82) is 0 Å². The van der Waals surface area contributed by atoms with Gasteiger partial charge in [0.2, 0.25) is 10.0 Å². The van der Waals surface area contributed by atoms with Crippen LogP contribution in [-0.4, -0.2) is 63.4 Å². The van der Waals surface area contributed by atoms with Crippen LogP contribution >= 0.6 is 0 Å². The molecule has 0 radical (unpaired) electrons. The number of carbonyl (C=O) groups excluding carboxylic acids is 1. The van der Waals surface area contributed by atoms with Crippen LogP contribution in [0.3, 0.4) is 0 Å². The second-order valence-electron chi connectivity index (χ2n) is 7.60. The number of hydroxylamine groups is 2. The van der Waals surface area contributed by atoms with Crippen molar-refractivity contribution in [2.75, 3.05) is 42.5 Å². The highest BCUT2D eigenvalue weighted by atomic mass is 32.2. The van der Waals surface area contributed by atoms with Gasteiger partial charge < -0.3 is 9.80 Å². The summed E-state index contributed by atoms with van der Waals surface area (Å²) in [5.41, 5.74) is 2.17. The number of carbonyl (C=O) groups is 1. The van der Waals surface area contributed by atoms with Gasteiger partial charge in [0.25, 0.3) is 5.91 Å². The van der Waals surface area contributed by atoms with Crippen molar-refractivity contribution < 1.29 is 18.4 Å². The Morgan fingerprint density at radius 2 is 1.42 bits per heavy atom. The predicted octanol–water partition coefficient (Wildman–Crippen LogP) is 1.84. The topological polar surface area (TPSA) is 93.2 Å². The van der Waals surface area contributed by atoms with Crippen LogP contribution in [0.5, 0.6) is 0 Å². The minimum absolute atomic E-state index is 0.0449. The summed E-state index contributed by atoms with van der Waals surface area (Å²) in [7, 11) is -3.89. The highest BCUT2D eigenvalue weighted by Gasteiger charge is 2.29. The quantitative estimate of drug-likeness (QED) is 0.542. The molecule has 1 fully saturated rings. The molecule has 0 spiro atoms. The van der Waals surface area contributed by atoms with Gasteiger partial charge in [0.15, 0.2) is 0 Å². The molecule has 8 nitrogen and oxygen atoms in total. The Kier molecular flexibility index (Phi) is 6.26. The summed E-state index contributed by atoms with van der Waals surface area (Å²) in [5.74, 6) is -0.665. The zero-order chi connectivity index (χ0) is 21.8. The smallest absolute Gasteiger partial charge is 0.264 e. The summed E-state index contributed by atoms with van der Waals surface area (Å²) in [6.07, 6.45) is 3.50. The number of anilines is 2. The summed E-state index contributed by atoms with van der Waals surface area (Å²) in [6.45, 7) is 3.51. The summed E-state index contributed by atoms with van der Waals surface area (Å²) < 4.78 is 27.9. The normalized spacial score (nSPS) is 20.1. The molecular weight excluding hydrogens is 416 g/mol. The van der Waals surface area contributed by atoms with Crippen LogP contribution in [0.4, 0.5) is 11.4 Å². The summed E-state index contributed by atoms with van der Waals surface area (Å²) >= 11 is 0. The van der Waals surface area contributed by atoms with E-state index in [-0.39, 0.29) is 17.9 Å². The Bertz CT molecular complexity index is 1030. The van der Waals surface area contributed by atoms with Gasteiger partial charge in [-0.2, -0.15) is 4.72 Å². The molecule has 0 saturated carbocycles. The van der Waals surface area contributed by atoms with E-state index in [4.69, 9.17) is 0 Å². The van der Waals surface area contributed by atoms with Crippen molar-refractivity contribution in [2.24, 2.45) is 0 Å². The maximum atomic E-state index is 12.7. The number of sulfonamides is 1. The predicted molar refractivity (Wildman–Crippen MR) is 119 cm³/mol. The minimum Gasteiger partial charge on any atom is -0.368 e. The Morgan fingerprint density at radius 1 is 0.839 bits per heavy atom. The number of hydrogen-bond donors (Lipinski definition) is 2. The molecule has 31 heavy (non-hydrogen) atoms. The summed E-state index contributed by atoms with van der Waals surface area (Å²) in [6, 6.07) is 15.9. The van der Waals surface area contributed by atoms with Gasteiger partial charge in [-0.15, -0.1) is 0 Å². The van der Waals surface area contributed by atoms with Crippen LogP contribution in [0.15, 0.2) is 71.6 Å². The third-order valence-electron chi connectivity index (χ3n) is 5.58. The minimum atomic E-state index is -3.89. The average Bonchev–Trinajstić information content (AvgIpc) is 2.95. The van der Waals surface area contributed by atoms with E-state index in [1.165, 1.54) is 5.69 Å². The molecule has 2 aliphatic heterocycles. The van der Waals surface area contributed by atoms with E-state index in [0.29, 0.717) is 5.06 Å². The highest BCUT2D eigenvalue weighted by molar-refractivity contribution is 7.89. The van der Waals surface area contributed by atoms with Crippen molar-refractivity contribution in [3.8, 4) is 0 Å². The third kappa shape index (κ3) is 4.90. The Hall–Kier alpha value is -2.88. The fourth-order valence-electron chi connectivity index (χ4n) is 3.83. The van der Waals surface area contributed by atoms with E-state index < -0.39 is 22.0 Å². The van der Waals surface area contributed by atoms with E-state index in [9.17, 15) is 18.4 Å². The van der Waals surface area contributed by atoms with Crippen LogP contribution in [0.1, 0.15) is 6.42 Å². The maximum absolute atomic E-state index is 12.7. The van der Waals surface area contributed by atoms with Crippen LogP contribution in [-0.2, 0) is 14.8 Å². The summed E-state index contributed by atoms with van der Waals surface area (Å²) in [5, 5.41) is 10.2. The first-order valence-corrected chi connectivity index (χ1v) is 11.7. The fraction of sp³-hybridized carbons (Fsp3) is 0.318. The number of hydrogen-bond acceptors (Lipinski definition) is 6. The molecule has 1 atom stereocenters. The van der Waals surface area contributed by atoms with Gasteiger partial charge in [0, 0.05) is 37.6 Å². The molecular formula is C22H26N4O4S. The van der Waals surface area contributed by atoms with E-state index in [0.717, 1.165) is 31.9 Å². The van der Waals surface area contributed by atoms with E-state index >= 15 is 0 Å². The third-order valence-corrected chi connectivity index (χ3v) is 7.07. The highest BCUT2D eigenvalue weighted by Crippen LogP contribution is 2.22. The van der Waals surface area contributed by atoms with E-state index in [1.54, 1.807) is 36.4 Å². The molecule has 1 saturated heterocycles. The molecule has 0 aromatic heterocycles. The molecule has 0 bridgehead atoms. The number of para-hydroxylation sites is 1. The second-order valence-corrected chi connectivity index (χ2v) is 9.32. The molecule has 2 aromatic carbocycles. The number of nitrogens with zero attached hydrogens (tertiary/aromatic N) is 3. The van der Waals surface area contributed by atoms with E-state index in [1.807, 2.05) is 18.2 Å².